The molecule has 0 amide bonds. The monoisotopic (exact) mass is 539 g/mol. The van der Waals surface area contributed by atoms with Gasteiger partial charge < -0.3 is 19.4 Å². The number of benzene rings is 1. The molecule has 1 aliphatic heterocycles. The summed E-state index contributed by atoms with van der Waals surface area (Å²) < 4.78 is 83.6. The predicted molar refractivity (Wildman–Crippen MR) is 130 cm³/mol. The third-order valence-corrected chi connectivity index (χ3v) is 6.59. The first-order valence-electron chi connectivity index (χ1n) is 11.9. The lowest BCUT2D eigenvalue weighted by Gasteiger charge is -2.38. The minimum absolute atomic E-state index is 0.0261. The molecule has 1 N–H and O–H groups in total. The maximum atomic E-state index is 14.9. The standard InChI is InChI=1S/C24H26F5N7O2/c1-37-8-7-34-5-4-18(24(28,29)12-34)31-23-32-22(38-2)21-15(3-6-36(21)33-23)14-9-16(25)20-17(10-14)35(13-30-20)11-19(26)27/h3,6,9-10,13,18-19H,4-5,7-8,11-12H2,1-2H3,(H,31,33). The summed E-state index contributed by atoms with van der Waals surface area (Å²) in [5.74, 6) is -3.69. The van der Waals surface area contributed by atoms with Crippen LogP contribution < -0.4 is 10.1 Å². The normalized spacial score (nSPS) is 18.1. The van der Waals surface area contributed by atoms with Gasteiger partial charge in [-0.3, -0.25) is 4.90 Å². The van der Waals surface area contributed by atoms with Crippen molar-refractivity contribution in [2.24, 2.45) is 0 Å². The number of halogens is 5. The SMILES string of the molecule is COCCN1CCC(Nc2nc(OC)c3c(-c4cc(F)c5ncn(CC(F)F)c5c4)ccn3n2)C(F)(F)C1. The number of piperidine rings is 1. The van der Waals surface area contributed by atoms with Gasteiger partial charge in [-0.1, -0.05) is 0 Å². The summed E-state index contributed by atoms with van der Waals surface area (Å²) in [6.45, 7) is 0.188. The number of hydrogen-bond acceptors (Lipinski definition) is 7. The fourth-order valence-electron chi connectivity index (χ4n) is 4.75. The molecular weight excluding hydrogens is 513 g/mol. The maximum Gasteiger partial charge on any atom is 0.280 e. The van der Waals surface area contributed by atoms with Gasteiger partial charge in [0.05, 0.1) is 44.7 Å². The van der Waals surface area contributed by atoms with Crippen LogP contribution in [0.15, 0.2) is 30.7 Å². The summed E-state index contributed by atoms with van der Waals surface area (Å²) in [5.41, 5.74) is 1.37. The van der Waals surface area contributed by atoms with Crippen LogP contribution in [-0.4, -0.2) is 87.9 Å². The minimum atomic E-state index is -3.03. The number of fused-ring (bicyclic) bond motifs is 2. The van der Waals surface area contributed by atoms with E-state index in [1.807, 2.05) is 0 Å². The van der Waals surface area contributed by atoms with Crippen molar-refractivity contribution in [2.75, 3.05) is 45.8 Å². The zero-order valence-corrected chi connectivity index (χ0v) is 20.7. The van der Waals surface area contributed by atoms with Crippen LogP contribution in [0.1, 0.15) is 6.42 Å². The largest absolute Gasteiger partial charge is 0.479 e. The third kappa shape index (κ3) is 4.97. The Bertz CT molecular complexity index is 1440. The Hall–Kier alpha value is -3.52. The minimum Gasteiger partial charge on any atom is -0.479 e. The summed E-state index contributed by atoms with van der Waals surface area (Å²) in [6.07, 6.45) is 0.257. The van der Waals surface area contributed by atoms with Crippen LogP contribution in [-0.2, 0) is 11.3 Å². The van der Waals surface area contributed by atoms with Gasteiger partial charge in [-0.2, -0.15) is 4.98 Å². The van der Waals surface area contributed by atoms with Crippen molar-refractivity contribution in [3.63, 3.8) is 0 Å². The van der Waals surface area contributed by atoms with Gasteiger partial charge in [0.2, 0.25) is 11.8 Å². The van der Waals surface area contributed by atoms with E-state index in [1.165, 1.54) is 35.7 Å². The smallest absolute Gasteiger partial charge is 0.280 e. The van der Waals surface area contributed by atoms with Crippen LogP contribution in [0.3, 0.4) is 0 Å². The van der Waals surface area contributed by atoms with Crippen molar-refractivity contribution in [2.45, 2.75) is 31.4 Å². The van der Waals surface area contributed by atoms with Gasteiger partial charge in [0.15, 0.2) is 5.82 Å². The first-order chi connectivity index (χ1) is 18.2. The zero-order chi connectivity index (χ0) is 27.0. The lowest BCUT2D eigenvalue weighted by molar-refractivity contribution is -0.0770. The van der Waals surface area contributed by atoms with Crippen molar-refractivity contribution in [1.82, 2.24) is 29.0 Å². The summed E-state index contributed by atoms with van der Waals surface area (Å²) in [7, 11) is 2.89. The van der Waals surface area contributed by atoms with E-state index in [-0.39, 0.29) is 29.3 Å². The Kier molecular flexibility index (Phi) is 7.09. The Balaban J connectivity index is 1.46. The maximum absolute atomic E-state index is 14.9. The molecule has 0 aliphatic carbocycles. The van der Waals surface area contributed by atoms with Crippen molar-refractivity contribution < 1.29 is 31.4 Å². The van der Waals surface area contributed by atoms with E-state index in [9.17, 15) is 22.0 Å². The molecule has 4 heterocycles. The van der Waals surface area contributed by atoms with Crippen LogP contribution in [0.25, 0.3) is 27.7 Å². The number of rotatable bonds is 9. The van der Waals surface area contributed by atoms with E-state index in [0.29, 0.717) is 36.3 Å². The molecule has 0 radical (unpaired) electrons. The van der Waals surface area contributed by atoms with Gasteiger partial charge in [-0.05, 0) is 30.2 Å². The average molecular weight is 540 g/mol. The summed E-state index contributed by atoms with van der Waals surface area (Å²) in [4.78, 5) is 9.85. The number of ether oxygens (including phenoxy) is 2. The highest BCUT2D eigenvalue weighted by atomic mass is 19.3. The Morgan fingerprint density at radius 3 is 2.76 bits per heavy atom. The molecule has 1 aliphatic rings. The van der Waals surface area contributed by atoms with Crippen molar-refractivity contribution in [1.29, 1.82) is 0 Å². The molecule has 1 fully saturated rings. The molecule has 0 bridgehead atoms. The van der Waals surface area contributed by atoms with E-state index in [1.54, 1.807) is 23.2 Å². The van der Waals surface area contributed by atoms with E-state index >= 15 is 0 Å². The quantitative estimate of drug-likeness (QED) is 0.323. The van der Waals surface area contributed by atoms with Crippen LogP contribution in [0.4, 0.5) is 27.9 Å². The van der Waals surface area contributed by atoms with Gasteiger partial charge in [0.25, 0.3) is 12.3 Å². The molecule has 1 aromatic carbocycles. The second kappa shape index (κ2) is 10.3. The Morgan fingerprint density at radius 2 is 2.05 bits per heavy atom. The van der Waals surface area contributed by atoms with Crippen LogP contribution in [0, 0.1) is 5.82 Å². The lowest BCUT2D eigenvalue weighted by Crippen LogP contribution is -2.55. The number of imidazole rings is 1. The molecule has 38 heavy (non-hydrogen) atoms. The molecule has 0 saturated carbocycles. The van der Waals surface area contributed by atoms with E-state index in [0.717, 1.165) is 0 Å². The molecule has 1 saturated heterocycles. The molecule has 3 aromatic heterocycles. The van der Waals surface area contributed by atoms with E-state index < -0.39 is 37.3 Å². The molecular formula is C24H26F5N7O2. The van der Waals surface area contributed by atoms with Crippen LogP contribution in [0.5, 0.6) is 5.88 Å². The fraction of sp³-hybridized carbons (Fsp3) is 0.458. The highest BCUT2D eigenvalue weighted by molar-refractivity contribution is 5.90. The number of anilines is 1. The van der Waals surface area contributed by atoms with Gasteiger partial charge in [0, 0.05) is 32.0 Å². The highest BCUT2D eigenvalue weighted by Crippen LogP contribution is 2.35. The lowest BCUT2D eigenvalue weighted by atomic mass is 10.0. The second-order valence-corrected chi connectivity index (χ2v) is 9.10. The highest BCUT2D eigenvalue weighted by Gasteiger charge is 2.45. The first kappa shape index (κ1) is 26.1. The molecule has 5 rings (SSSR count). The van der Waals surface area contributed by atoms with Crippen molar-refractivity contribution in [3.8, 4) is 17.0 Å². The van der Waals surface area contributed by atoms with Crippen molar-refractivity contribution >= 4 is 22.5 Å². The molecule has 14 heteroatoms. The molecule has 204 valence electrons. The predicted octanol–water partition coefficient (Wildman–Crippen LogP) is 3.93. The third-order valence-electron chi connectivity index (χ3n) is 6.59. The zero-order valence-electron chi connectivity index (χ0n) is 20.7. The second-order valence-electron chi connectivity index (χ2n) is 9.10. The summed E-state index contributed by atoms with van der Waals surface area (Å²) in [6, 6.07) is 3.23. The first-order valence-corrected chi connectivity index (χ1v) is 11.9. The van der Waals surface area contributed by atoms with Crippen LogP contribution >= 0.6 is 0 Å². The Labute approximate surface area is 214 Å². The van der Waals surface area contributed by atoms with Gasteiger partial charge in [0.1, 0.15) is 11.0 Å². The topological polar surface area (TPSA) is 81.7 Å². The number of likely N-dealkylation sites (tertiary alicyclic amines) is 1. The molecule has 9 nitrogen and oxygen atoms in total. The number of nitrogens with one attached hydrogen (secondary N) is 1. The molecule has 4 aromatic rings. The number of nitrogens with zero attached hydrogens (tertiary/aromatic N) is 6. The summed E-state index contributed by atoms with van der Waals surface area (Å²) >= 11 is 0. The molecule has 0 spiro atoms. The Morgan fingerprint density at radius 1 is 1.24 bits per heavy atom. The number of hydrogen-bond donors (Lipinski definition) is 1. The number of aromatic nitrogens is 5. The average Bonchev–Trinajstić information content (AvgIpc) is 3.48. The van der Waals surface area contributed by atoms with Crippen molar-refractivity contribution in [3.05, 3.63) is 36.5 Å². The number of methoxy groups -OCH3 is 2. The summed E-state index contributed by atoms with van der Waals surface area (Å²) in [5, 5.41) is 7.07. The fourth-order valence-corrected chi connectivity index (χ4v) is 4.75. The van der Waals surface area contributed by atoms with Gasteiger partial charge in [-0.15, -0.1) is 5.10 Å². The van der Waals surface area contributed by atoms with Gasteiger partial charge >= 0.3 is 0 Å². The molecule has 1 unspecified atom stereocenters. The van der Waals surface area contributed by atoms with E-state index in [4.69, 9.17) is 9.47 Å². The molecule has 1 atom stereocenters. The van der Waals surface area contributed by atoms with Gasteiger partial charge in [-0.25, -0.2) is 31.5 Å². The van der Waals surface area contributed by atoms with Crippen LogP contribution in [0.2, 0.25) is 0 Å². The number of alkyl halides is 4. The van der Waals surface area contributed by atoms with E-state index in [2.05, 4.69) is 20.4 Å².